The van der Waals surface area contributed by atoms with Gasteiger partial charge in [0.25, 0.3) is 0 Å². The third kappa shape index (κ3) is 3.54. The van der Waals surface area contributed by atoms with Crippen molar-refractivity contribution in [2.24, 2.45) is 5.84 Å². The third-order valence-corrected chi connectivity index (χ3v) is 3.24. The second-order valence-corrected chi connectivity index (χ2v) is 4.98. The molecule has 0 spiro atoms. The Morgan fingerprint density at radius 3 is 2.33 bits per heavy atom. The van der Waals surface area contributed by atoms with Crippen LogP contribution in [0, 0.1) is 0 Å². The third-order valence-electron chi connectivity index (χ3n) is 2.81. The Labute approximate surface area is 132 Å². The van der Waals surface area contributed by atoms with Crippen molar-refractivity contribution in [3.05, 3.63) is 45.7 Å². The summed E-state index contributed by atoms with van der Waals surface area (Å²) < 4.78 is 10.3. The number of hydrazine groups is 1. The molecule has 0 fully saturated rings. The van der Waals surface area contributed by atoms with Crippen molar-refractivity contribution in [2.75, 3.05) is 14.2 Å². The fourth-order valence-corrected chi connectivity index (χ4v) is 2.43. The van der Waals surface area contributed by atoms with Gasteiger partial charge in [-0.25, -0.2) is 10.4 Å². The lowest BCUT2D eigenvalue weighted by molar-refractivity contribution is 0.352. The van der Waals surface area contributed by atoms with Crippen LogP contribution in [0.5, 0.6) is 11.8 Å². The minimum atomic E-state index is -0.477. The standard InChI is InChI=1S/C13H14Cl2N4O2/c1-20-10-6-17-12(13(18-10)21-2)11(19-16)7-3-8(14)5-9(15)4-7/h3-6,11,19H,16H2,1-2H3. The van der Waals surface area contributed by atoms with Crippen molar-refractivity contribution in [1.82, 2.24) is 15.4 Å². The molecule has 0 saturated heterocycles. The van der Waals surface area contributed by atoms with Crippen LogP contribution in [-0.4, -0.2) is 24.2 Å². The molecule has 0 saturated carbocycles. The molecule has 0 amide bonds. The Bertz CT molecular complexity index is 619. The number of nitrogens with one attached hydrogen (secondary N) is 1. The zero-order valence-corrected chi connectivity index (χ0v) is 12.9. The minimum Gasteiger partial charge on any atom is -0.480 e. The van der Waals surface area contributed by atoms with E-state index >= 15 is 0 Å². The Balaban J connectivity index is 2.50. The summed E-state index contributed by atoms with van der Waals surface area (Å²) in [6.07, 6.45) is 1.48. The van der Waals surface area contributed by atoms with E-state index < -0.39 is 6.04 Å². The van der Waals surface area contributed by atoms with E-state index in [1.807, 2.05) is 0 Å². The summed E-state index contributed by atoms with van der Waals surface area (Å²) in [4.78, 5) is 8.47. The van der Waals surface area contributed by atoms with Crippen molar-refractivity contribution in [3.63, 3.8) is 0 Å². The van der Waals surface area contributed by atoms with Gasteiger partial charge in [0.2, 0.25) is 11.8 Å². The van der Waals surface area contributed by atoms with E-state index in [-0.39, 0.29) is 0 Å². The molecule has 2 aromatic rings. The van der Waals surface area contributed by atoms with E-state index in [2.05, 4.69) is 15.4 Å². The lowest BCUT2D eigenvalue weighted by Crippen LogP contribution is -2.30. The first-order chi connectivity index (χ1) is 10.1. The maximum atomic E-state index is 6.02. The van der Waals surface area contributed by atoms with Crippen LogP contribution < -0.4 is 20.7 Å². The number of hydrogen-bond donors (Lipinski definition) is 2. The highest BCUT2D eigenvalue weighted by Crippen LogP contribution is 2.30. The van der Waals surface area contributed by atoms with Gasteiger partial charge in [-0.15, -0.1) is 0 Å². The van der Waals surface area contributed by atoms with Crippen molar-refractivity contribution in [2.45, 2.75) is 6.04 Å². The van der Waals surface area contributed by atoms with Crippen LogP contribution in [0.2, 0.25) is 10.0 Å². The number of methoxy groups -OCH3 is 2. The molecule has 0 aliphatic heterocycles. The van der Waals surface area contributed by atoms with Gasteiger partial charge in [0.05, 0.1) is 26.5 Å². The second-order valence-electron chi connectivity index (χ2n) is 4.11. The first-order valence-corrected chi connectivity index (χ1v) is 6.71. The number of halogens is 2. The summed E-state index contributed by atoms with van der Waals surface area (Å²) in [7, 11) is 2.99. The molecule has 8 heteroatoms. The molecule has 21 heavy (non-hydrogen) atoms. The van der Waals surface area contributed by atoms with Gasteiger partial charge in [0.15, 0.2) is 0 Å². The van der Waals surface area contributed by atoms with Crippen LogP contribution in [-0.2, 0) is 0 Å². The van der Waals surface area contributed by atoms with Crippen LogP contribution in [0.1, 0.15) is 17.3 Å². The summed E-state index contributed by atoms with van der Waals surface area (Å²) in [6.45, 7) is 0. The minimum absolute atomic E-state index is 0.299. The molecule has 6 nitrogen and oxygen atoms in total. The van der Waals surface area contributed by atoms with Gasteiger partial charge < -0.3 is 9.47 Å². The van der Waals surface area contributed by atoms with Crippen molar-refractivity contribution < 1.29 is 9.47 Å². The molecule has 0 bridgehead atoms. The number of ether oxygens (including phenoxy) is 2. The number of rotatable bonds is 5. The molecule has 0 aliphatic carbocycles. The predicted octanol–water partition coefficient (Wildman–Crippen LogP) is 2.35. The summed E-state index contributed by atoms with van der Waals surface area (Å²) in [6, 6.07) is 4.64. The molecule has 3 N–H and O–H groups in total. The first-order valence-electron chi connectivity index (χ1n) is 5.96. The molecule has 0 radical (unpaired) electrons. The zero-order chi connectivity index (χ0) is 15.4. The highest BCUT2D eigenvalue weighted by Gasteiger charge is 2.21. The van der Waals surface area contributed by atoms with E-state index in [0.29, 0.717) is 27.5 Å². The van der Waals surface area contributed by atoms with Gasteiger partial charge in [0, 0.05) is 10.0 Å². The molecule has 1 unspecified atom stereocenters. The van der Waals surface area contributed by atoms with Crippen LogP contribution in [0.3, 0.4) is 0 Å². The SMILES string of the molecule is COc1cnc(C(NN)c2cc(Cl)cc(Cl)c2)c(OC)n1. The van der Waals surface area contributed by atoms with Gasteiger partial charge >= 0.3 is 0 Å². The second kappa shape index (κ2) is 6.91. The Hall–Kier alpha value is -1.60. The van der Waals surface area contributed by atoms with Gasteiger partial charge in [0.1, 0.15) is 5.69 Å². The summed E-state index contributed by atoms with van der Waals surface area (Å²) >= 11 is 12.0. The molecule has 112 valence electrons. The molecule has 0 aliphatic rings. The summed E-state index contributed by atoms with van der Waals surface area (Å²) in [5.74, 6) is 6.28. The predicted molar refractivity (Wildman–Crippen MR) is 80.8 cm³/mol. The van der Waals surface area contributed by atoms with Crippen molar-refractivity contribution in [1.29, 1.82) is 0 Å². The average molecular weight is 329 g/mol. The number of aromatic nitrogens is 2. The molecule has 1 aromatic heterocycles. The average Bonchev–Trinajstić information content (AvgIpc) is 2.47. The van der Waals surface area contributed by atoms with E-state index in [0.717, 1.165) is 5.56 Å². The number of benzene rings is 1. The van der Waals surface area contributed by atoms with E-state index in [1.54, 1.807) is 18.2 Å². The Morgan fingerprint density at radius 2 is 1.81 bits per heavy atom. The number of nitrogens with two attached hydrogens (primary N) is 1. The topological polar surface area (TPSA) is 82.3 Å². The Morgan fingerprint density at radius 1 is 1.14 bits per heavy atom. The van der Waals surface area contributed by atoms with Crippen molar-refractivity contribution >= 4 is 23.2 Å². The maximum absolute atomic E-state index is 6.02. The fraction of sp³-hybridized carbons (Fsp3) is 0.231. The molecular weight excluding hydrogens is 315 g/mol. The monoisotopic (exact) mass is 328 g/mol. The number of hydrogen-bond acceptors (Lipinski definition) is 6. The van der Waals surface area contributed by atoms with Crippen molar-refractivity contribution in [3.8, 4) is 11.8 Å². The van der Waals surface area contributed by atoms with Crippen LogP contribution in [0.15, 0.2) is 24.4 Å². The lowest BCUT2D eigenvalue weighted by Gasteiger charge is -2.18. The summed E-state index contributed by atoms with van der Waals surface area (Å²) in [5.41, 5.74) is 3.90. The van der Waals surface area contributed by atoms with Gasteiger partial charge in [-0.2, -0.15) is 4.98 Å². The first kappa shape index (κ1) is 15.8. The van der Waals surface area contributed by atoms with Gasteiger partial charge in [-0.1, -0.05) is 23.2 Å². The highest BCUT2D eigenvalue weighted by atomic mass is 35.5. The molecule has 2 rings (SSSR count). The molecule has 1 atom stereocenters. The summed E-state index contributed by atoms with van der Waals surface area (Å²) in [5, 5.41) is 0.997. The zero-order valence-electron chi connectivity index (χ0n) is 11.4. The largest absolute Gasteiger partial charge is 0.480 e. The normalized spacial score (nSPS) is 12.0. The molecule has 1 aromatic carbocycles. The Kier molecular flexibility index (Phi) is 5.19. The molecular formula is C13H14Cl2N4O2. The van der Waals surface area contributed by atoms with E-state index in [4.69, 9.17) is 38.5 Å². The quantitative estimate of drug-likeness (QED) is 0.647. The van der Waals surface area contributed by atoms with Crippen LogP contribution >= 0.6 is 23.2 Å². The smallest absolute Gasteiger partial charge is 0.240 e. The lowest BCUT2D eigenvalue weighted by atomic mass is 10.0. The highest BCUT2D eigenvalue weighted by molar-refractivity contribution is 6.34. The fourth-order valence-electron chi connectivity index (χ4n) is 1.89. The van der Waals surface area contributed by atoms with E-state index in [1.165, 1.54) is 20.4 Å². The molecule has 1 heterocycles. The van der Waals surface area contributed by atoms with Crippen LogP contribution in [0.4, 0.5) is 0 Å². The van der Waals surface area contributed by atoms with Crippen LogP contribution in [0.25, 0.3) is 0 Å². The van der Waals surface area contributed by atoms with E-state index in [9.17, 15) is 0 Å². The maximum Gasteiger partial charge on any atom is 0.240 e. The van der Waals surface area contributed by atoms with Gasteiger partial charge in [-0.3, -0.25) is 5.84 Å². The van der Waals surface area contributed by atoms with Gasteiger partial charge in [-0.05, 0) is 23.8 Å². The number of nitrogens with zero attached hydrogens (tertiary/aromatic N) is 2.